The summed E-state index contributed by atoms with van der Waals surface area (Å²) in [6, 6.07) is 7.08. The molecular weight excluding hydrogens is 258 g/mol. The molecule has 0 aliphatic carbocycles. The summed E-state index contributed by atoms with van der Waals surface area (Å²) in [5, 5.41) is 8.27. The molecule has 0 radical (unpaired) electrons. The van der Waals surface area contributed by atoms with E-state index in [1.807, 2.05) is 0 Å². The smallest absolute Gasteiger partial charge is 0.0694 e. The minimum Gasteiger partial charge on any atom is -0.310 e. The van der Waals surface area contributed by atoms with Crippen LogP contribution >= 0.6 is 0 Å². The van der Waals surface area contributed by atoms with Gasteiger partial charge < -0.3 is 5.32 Å². The van der Waals surface area contributed by atoms with Gasteiger partial charge in [0, 0.05) is 18.3 Å². The second kappa shape index (κ2) is 6.44. The molecule has 3 nitrogen and oxygen atoms in total. The lowest BCUT2D eigenvalue weighted by Gasteiger charge is -2.15. The molecule has 0 spiro atoms. The lowest BCUT2D eigenvalue weighted by molar-refractivity contribution is 0.586. The van der Waals surface area contributed by atoms with Crippen molar-refractivity contribution in [2.75, 3.05) is 0 Å². The zero-order chi connectivity index (χ0) is 15.6. The fraction of sp³-hybridized carbons (Fsp3) is 0.500. The van der Waals surface area contributed by atoms with Gasteiger partial charge in [0.25, 0.3) is 0 Å². The van der Waals surface area contributed by atoms with Gasteiger partial charge in [0.05, 0.1) is 11.4 Å². The molecule has 1 aromatic heterocycles. The number of nitrogens with one attached hydrogen (secondary N) is 1. The van der Waals surface area contributed by atoms with Crippen LogP contribution < -0.4 is 5.32 Å². The average molecular weight is 285 g/mol. The fourth-order valence-electron chi connectivity index (χ4n) is 2.80. The van der Waals surface area contributed by atoms with Crippen LogP contribution in [0.2, 0.25) is 0 Å². The van der Waals surface area contributed by atoms with E-state index in [9.17, 15) is 0 Å². The highest BCUT2D eigenvalue weighted by Gasteiger charge is 2.14. The van der Waals surface area contributed by atoms with Crippen LogP contribution in [0.25, 0.3) is 5.69 Å². The first-order valence-electron chi connectivity index (χ1n) is 7.82. The van der Waals surface area contributed by atoms with Crippen LogP contribution in [0.1, 0.15) is 48.8 Å². The van der Waals surface area contributed by atoms with Gasteiger partial charge in [0.15, 0.2) is 0 Å². The zero-order valence-corrected chi connectivity index (χ0v) is 14.1. The first kappa shape index (κ1) is 15.8. The van der Waals surface area contributed by atoms with Gasteiger partial charge in [-0.2, -0.15) is 5.10 Å². The van der Waals surface area contributed by atoms with Gasteiger partial charge in [-0.3, -0.25) is 0 Å². The summed E-state index contributed by atoms with van der Waals surface area (Å²) in [5.41, 5.74) is 7.53. The van der Waals surface area contributed by atoms with Gasteiger partial charge in [0.1, 0.15) is 0 Å². The molecule has 1 N–H and O–H groups in total. The maximum absolute atomic E-state index is 4.76. The van der Waals surface area contributed by atoms with Gasteiger partial charge in [0.2, 0.25) is 0 Å². The lowest BCUT2D eigenvalue weighted by atomic mass is 10.1. The van der Waals surface area contributed by atoms with Crippen LogP contribution in [0.3, 0.4) is 0 Å². The van der Waals surface area contributed by atoms with Crippen molar-refractivity contribution in [2.45, 2.75) is 60.5 Å². The van der Waals surface area contributed by atoms with E-state index < -0.39 is 0 Å². The normalized spacial score (nSPS) is 11.4. The van der Waals surface area contributed by atoms with Crippen molar-refractivity contribution in [1.29, 1.82) is 0 Å². The third kappa shape index (κ3) is 3.35. The molecule has 0 saturated heterocycles. The average Bonchev–Trinajstić information content (AvgIpc) is 2.71. The molecule has 0 aliphatic rings. The molecule has 2 aromatic rings. The summed E-state index contributed by atoms with van der Waals surface area (Å²) >= 11 is 0. The Morgan fingerprint density at radius 3 is 2.48 bits per heavy atom. The number of benzene rings is 1. The zero-order valence-electron chi connectivity index (χ0n) is 14.1. The SMILES string of the molecule is CCc1c(C)nn(-c2ccc(C)cc2CNC(C)C)c1C. The maximum atomic E-state index is 4.76. The van der Waals surface area contributed by atoms with Crippen molar-refractivity contribution in [2.24, 2.45) is 0 Å². The van der Waals surface area contributed by atoms with E-state index in [-0.39, 0.29) is 0 Å². The highest BCUT2D eigenvalue weighted by Crippen LogP contribution is 2.22. The Kier molecular flexibility index (Phi) is 4.84. The van der Waals surface area contributed by atoms with Crippen molar-refractivity contribution in [3.8, 4) is 5.69 Å². The Bertz CT molecular complexity index is 624. The van der Waals surface area contributed by atoms with Gasteiger partial charge in [-0.15, -0.1) is 0 Å². The predicted octanol–water partition coefficient (Wildman–Crippen LogP) is 3.86. The summed E-state index contributed by atoms with van der Waals surface area (Å²) in [6.07, 6.45) is 1.03. The summed E-state index contributed by atoms with van der Waals surface area (Å²) in [7, 11) is 0. The molecule has 0 unspecified atom stereocenters. The predicted molar refractivity (Wildman–Crippen MR) is 89.1 cm³/mol. The molecule has 0 bridgehead atoms. The van der Waals surface area contributed by atoms with Crippen LogP contribution in [-0.2, 0) is 13.0 Å². The molecule has 3 heteroatoms. The quantitative estimate of drug-likeness (QED) is 0.904. The fourth-order valence-corrected chi connectivity index (χ4v) is 2.80. The van der Waals surface area contributed by atoms with Crippen LogP contribution in [0.15, 0.2) is 18.2 Å². The summed E-state index contributed by atoms with van der Waals surface area (Å²) in [5.74, 6) is 0. The van der Waals surface area contributed by atoms with Crippen molar-refractivity contribution >= 4 is 0 Å². The Morgan fingerprint density at radius 2 is 1.90 bits per heavy atom. The molecule has 114 valence electrons. The highest BCUT2D eigenvalue weighted by molar-refractivity contribution is 5.45. The van der Waals surface area contributed by atoms with Crippen molar-refractivity contribution in [3.05, 3.63) is 46.3 Å². The number of nitrogens with zero attached hydrogens (tertiary/aromatic N) is 2. The van der Waals surface area contributed by atoms with E-state index in [2.05, 4.69) is 69.7 Å². The molecule has 21 heavy (non-hydrogen) atoms. The molecule has 0 amide bonds. The van der Waals surface area contributed by atoms with E-state index >= 15 is 0 Å². The number of aromatic nitrogens is 2. The number of hydrogen-bond donors (Lipinski definition) is 1. The molecular formula is C18H27N3. The van der Waals surface area contributed by atoms with Crippen molar-refractivity contribution in [1.82, 2.24) is 15.1 Å². The van der Waals surface area contributed by atoms with Gasteiger partial charge in [-0.1, -0.05) is 38.5 Å². The monoisotopic (exact) mass is 285 g/mol. The third-order valence-electron chi connectivity index (χ3n) is 3.96. The Morgan fingerprint density at radius 1 is 1.19 bits per heavy atom. The minimum atomic E-state index is 0.477. The Hall–Kier alpha value is -1.61. The highest BCUT2D eigenvalue weighted by atomic mass is 15.3. The van der Waals surface area contributed by atoms with Crippen LogP contribution in [0, 0.1) is 20.8 Å². The second-order valence-corrected chi connectivity index (χ2v) is 6.08. The van der Waals surface area contributed by atoms with Gasteiger partial charge in [-0.05, 0) is 44.4 Å². The molecule has 1 heterocycles. The van der Waals surface area contributed by atoms with Crippen molar-refractivity contribution in [3.63, 3.8) is 0 Å². The van der Waals surface area contributed by atoms with E-state index in [4.69, 9.17) is 5.10 Å². The van der Waals surface area contributed by atoms with E-state index in [0.29, 0.717) is 6.04 Å². The Labute approximate surface area is 128 Å². The van der Waals surface area contributed by atoms with Gasteiger partial charge in [-0.25, -0.2) is 4.68 Å². The van der Waals surface area contributed by atoms with Gasteiger partial charge >= 0.3 is 0 Å². The number of hydrogen-bond acceptors (Lipinski definition) is 2. The standard InChI is InChI=1S/C18H27N3/c1-7-17-14(5)20-21(15(17)6)18-9-8-13(4)10-16(18)11-19-12(2)3/h8-10,12,19H,7,11H2,1-6H3. The molecule has 0 atom stereocenters. The number of rotatable bonds is 5. The van der Waals surface area contributed by atoms with E-state index in [1.165, 1.54) is 28.1 Å². The third-order valence-corrected chi connectivity index (χ3v) is 3.96. The molecule has 0 saturated carbocycles. The first-order chi connectivity index (χ1) is 9.93. The largest absolute Gasteiger partial charge is 0.310 e. The molecule has 2 rings (SSSR count). The second-order valence-electron chi connectivity index (χ2n) is 6.08. The molecule has 1 aromatic carbocycles. The van der Waals surface area contributed by atoms with E-state index in [0.717, 1.165) is 18.7 Å². The molecule has 0 aliphatic heterocycles. The Balaban J connectivity index is 2.48. The van der Waals surface area contributed by atoms with Crippen molar-refractivity contribution < 1.29 is 0 Å². The topological polar surface area (TPSA) is 29.9 Å². The lowest BCUT2D eigenvalue weighted by Crippen LogP contribution is -2.23. The minimum absolute atomic E-state index is 0.477. The number of aryl methyl sites for hydroxylation is 2. The molecule has 0 fully saturated rings. The summed E-state index contributed by atoms with van der Waals surface area (Å²) in [4.78, 5) is 0. The first-order valence-corrected chi connectivity index (χ1v) is 7.82. The van der Waals surface area contributed by atoms with Crippen LogP contribution in [0.4, 0.5) is 0 Å². The maximum Gasteiger partial charge on any atom is 0.0694 e. The van der Waals surface area contributed by atoms with Crippen LogP contribution in [-0.4, -0.2) is 15.8 Å². The van der Waals surface area contributed by atoms with E-state index in [1.54, 1.807) is 0 Å². The van der Waals surface area contributed by atoms with Crippen LogP contribution in [0.5, 0.6) is 0 Å². The summed E-state index contributed by atoms with van der Waals surface area (Å²) in [6.45, 7) is 13.8. The summed E-state index contributed by atoms with van der Waals surface area (Å²) < 4.78 is 2.10.